The Morgan fingerprint density at radius 2 is 2.00 bits per heavy atom. The zero-order chi connectivity index (χ0) is 13.3. The van der Waals surface area contributed by atoms with E-state index in [1.165, 1.54) is 11.1 Å². The lowest BCUT2D eigenvalue weighted by Gasteiger charge is -2.32. The van der Waals surface area contributed by atoms with Crippen LogP contribution in [-0.2, 0) is 23.1 Å². The van der Waals surface area contributed by atoms with Crippen molar-refractivity contribution in [2.24, 2.45) is 0 Å². The van der Waals surface area contributed by atoms with Gasteiger partial charge in [-0.15, -0.1) is 0 Å². The molecule has 0 aliphatic carbocycles. The molecule has 100 valence electrons. The molecule has 0 atom stereocenters. The highest BCUT2D eigenvalue weighted by Gasteiger charge is 2.19. The van der Waals surface area contributed by atoms with Crippen LogP contribution in [0.15, 0.2) is 18.2 Å². The third-order valence-corrected chi connectivity index (χ3v) is 3.69. The van der Waals surface area contributed by atoms with Gasteiger partial charge in [0.15, 0.2) is 0 Å². The van der Waals surface area contributed by atoms with Crippen molar-refractivity contribution in [1.29, 1.82) is 0 Å². The number of benzene rings is 1. The highest BCUT2D eigenvalue weighted by Crippen LogP contribution is 2.25. The van der Waals surface area contributed by atoms with Crippen molar-refractivity contribution in [3.8, 4) is 5.75 Å². The molecule has 1 aliphatic rings. The molecule has 0 aromatic heterocycles. The topological polar surface area (TPSA) is 46.6 Å². The van der Waals surface area contributed by atoms with Gasteiger partial charge in [0, 0.05) is 19.1 Å². The Morgan fingerprint density at radius 1 is 1.28 bits per heavy atom. The second-order valence-corrected chi connectivity index (χ2v) is 6.61. The monoisotopic (exact) mass is 269 g/mol. The van der Waals surface area contributed by atoms with Crippen molar-refractivity contribution in [1.82, 2.24) is 4.90 Å². The molecule has 0 radical (unpaired) electrons. The van der Waals surface area contributed by atoms with Gasteiger partial charge in [-0.3, -0.25) is 4.90 Å². The van der Waals surface area contributed by atoms with Crippen LogP contribution in [0, 0.1) is 0 Å². The van der Waals surface area contributed by atoms with Gasteiger partial charge in [0.25, 0.3) is 0 Å². The third kappa shape index (κ3) is 3.23. The fourth-order valence-corrected chi connectivity index (χ4v) is 2.67. The number of rotatable bonds is 3. The van der Waals surface area contributed by atoms with Crippen LogP contribution in [0.1, 0.15) is 25.0 Å². The van der Waals surface area contributed by atoms with E-state index in [1.807, 2.05) is 12.1 Å². The molecule has 0 N–H and O–H groups in total. The lowest BCUT2D eigenvalue weighted by Crippen LogP contribution is -2.35. The predicted molar refractivity (Wildman–Crippen MR) is 71.2 cm³/mol. The number of hydrogen-bond donors (Lipinski definition) is 0. The van der Waals surface area contributed by atoms with E-state index in [2.05, 4.69) is 18.7 Å². The molecule has 0 spiro atoms. The fourth-order valence-electron chi connectivity index (χ4n) is 2.22. The molecule has 1 aromatic rings. The number of fused-ring (bicyclic) bond motifs is 1. The second kappa shape index (κ2) is 4.90. The van der Waals surface area contributed by atoms with E-state index in [0.717, 1.165) is 25.8 Å². The van der Waals surface area contributed by atoms with E-state index < -0.39 is 10.1 Å². The summed E-state index contributed by atoms with van der Waals surface area (Å²) in [4.78, 5) is 2.40. The first-order chi connectivity index (χ1) is 8.35. The minimum Gasteiger partial charge on any atom is -0.383 e. The maximum absolute atomic E-state index is 11.1. The van der Waals surface area contributed by atoms with Gasteiger partial charge in [-0.1, -0.05) is 6.07 Å². The van der Waals surface area contributed by atoms with E-state index in [4.69, 9.17) is 4.18 Å². The number of hydrogen-bond acceptors (Lipinski definition) is 4. The molecule has 1 heterocycles. The van der Waals surface area contributed by atoms with Crippen molar-refractivity contribution in [3.63, 3.8) is 0 Å². The molecule has 1 aliphatic heterocycles. The maximum atomic E-state index is 11.1. The van der Waals surface area contributed by atoms with Gasteiger partial charge >= 0.3 is 10.1 Å². The summed E-state index contributed by atoms with van der Waals surface area (Å²) in [6.45, 7) is 6.30. The minimum absolute atomic E-state index is 0.411. The van der Waals surface area contributed by atoms with E-state index in [-0.39, 0.29) is 0 Å². The summed E-state index contributed by atoms with van der Waals surface area (Å²) in [7, 11) is -3.44. The van der Waals surface area contributed by atoms with Crippen LogP contribution >= 0.6 is 0 Å². The van der Waals surface area contributed by atoms with Crippen LogP contribution in [0.5, 0.6) is 5.75 Å². The minimum atomic E-state index is -3.44. The van der Waals surface area contributed by atoms with Crippen molar-refractivity contribution < 1.29 is 12.6 Å². The summed E-state index contributed by atoms with van der Waals surface area (Å²) in [5.74, 6) is 0.411. The summed E-state index contributed by atoms with van der Waals surface area (Å²) < 4.78 is 27.1. The number of nitrogens with zero attached hydrogens (tertiary/aromatic N) is 1. The fraction of sp³-hybridized carbons (Fsp3) is 0.538. The highest BCUT2D eigenvalue weighted by molar-refractivity contribution is 7.86. The molecule has 5 heteroatoms. The van der Waals surface area contributed by atoms with Crippen molar-refractivity contribution in [2.45, 2.75) is 32.9 Å². The molecular formula is C13H19NO3S. The average molecular weight is 269 g/mol. The molecule has 0 unspecified atom stereocenters. The normalized spacial score (nSPS) is 16.7. The van der Waals surface area contributed by atoms with Gasteiger partial charge in [0.2, 0.25) is 0 Å². The first-order valence-corrected chi connectivity index (χ1v) is 7.92. The molecule has 0 saturated carbocycles. The Morgan fingerprint density at radius 3 is 2.61 bits per heavy atom. The molecule has 0 fully saturated rings. The second-order valence-electron chi connectivity index (χ2n) is 5.03. The molecule has 1 aromatic carbocycles. The summed E-state index contributed by atoms with van der Waals surface area (Å²) in [5.41, 5.74) is 2.45. The molecule has 18 heavy (non-hydrogen) atoms. The van der Waals surface area contributed by atoms with Crippen LogP contribution in [0.25, 0.3) is 0 Å². The highest BCUT2D eigenvalue weighted by atomic mass is 32.2. The summed E-state index contributed by atoms with van der Waals surface area (Å²) in [6, 6.07) is 6.06. The Labute approximate surface area is 109 Å². The van der Waals surface area contributed by atoms with E-state index in [1.54, 1.807) is 6.07 Å². The van der Waals surface area contributed by atoms with Gasteiger partial charge in [-0.05, 0) is 43.5 Å². The van der Waals surface area contributed by atoms with Crippen LogP contribution in [0.4, 0.5) is 0 Å². The van der Waals surface area contributed by atoms with Gasteiger partial charge in [-0.2, -0.15) is 8.42 Å². The summed E-state index contributed by atoms with van der Waals surface area (Å²) >= 11 is 0. The summed E-state index contributed by atoms with van der Waals surface area (Å²) in [6.07, 6.45) is 2.00. The van der Waals surface area contributed by atoms with E-state index in [9.17, 15) is 8.42 Å². The predicted octanol–water partition coefficient (Wildman–Crippen LogP) is 1.79. The molecule has 2 rings (SSSR count). The average Bonchev–Trinajstić information content (AvgIpc) is 2.26. The first-order valence-electron chi connectivity index (χ1n) is 6.10. The van der Waals surface area contributed by atoms with Crippen LogP contribution in [0.2, 0.25) is 0 Å². The van der Waals surface area contributed by atoms with Crippen molar-refractivity contribution in [3.05, 3.63) is 29.3 Å². The molecule has 0 amide bonds. The van der Waals surface area contributed by atoms with E-state index >= 15 is 0 Å². The Balaban J connectivity index is 2.20. The van der Waals surface area contributed by atoms with Gasteiger partial charge < -0.3 is 4.18 Å². The Hall–Kier alpha value is -1.07. The largest absolute Gasteiger partial charge is 0.383 e. The van der Waals surface area contributed by atoms with Gasteiger partial charge in [0.05, 0.1) is 6.26 Å². The Kier molecular flexibility index (Phi) is 3.64. The Bertz CT molecular complexity index is 537. The van der Waals surface area contributed by atoms with Crippen molar-refractivity contribution >= 4 is 10.1 Å². The van der Waals surface area contributed by atoms with Gasteiger partial charge in [-0.25, -0.2) is 0 Å². The molecule has 0 bridgehead atoms. The standard InChI is InChI=1S/C13H19NO3S/c1-10(2)14-7-6-11-8-13(17-18(3,15)16)5-4-12(11)9-14/h4-5,8,10H,6-7,9H2,1-3H3. The van der Waals surface area contributed by atoms with Crippen LogP contribution in [0.3, 0.4) is 0 Å². The maximum Gasteiger partial charge on any atom is 0.306 e. The zero-order valence-corrected chi connectivity index (χ0v) is 11.8. The lowest BCUT2D eigenvalue weighted by atomic mass is 9.98. The quantitative estimate of drug-likeness (QED) is 0.785. The van der Waals surface area contributed by atoms with Crippen molar-refractivity contribution in [2.75, 3.05) is 12.8 Å². The third-order valence-electron chi connectivity index (χ3n) is 3.20. The molecule has 4 nitrogen and oxygen atoms in total. The summed E-state index contributed by atoms with van der Waals surface area (Å²) in [5, 5.41) is 0. The first kappa shape index (κ1) is 13.4. The molecule has 0 saturated heterocycles. The van der Waals surface area contributed by atoms with Crippen LogP contribution in [-0.4, -0.2) is 32.2 Å². The molecular weight excluding hydrogens is 250 g/mol. The van der Waals surface area contributed by atoms with Gasteiger partial charge in [0.1, 0.15) is 5.75 Å². The smallest absolute Gasteiger partial charge is 0.306 e. The zero-order valence-electron chi connectivity index (χ0n) is 11.0. The lowest BCUT2D eigenvalue weighted by molar-refractivity contribution is 0.203. The van der Waals surface area contributed by atoms with E-state index in [0.29, 0.717) is 11.8 Å². The SMILES string of the molecule is CC(C)N1CCc2cc(OS(C)(=O)=O)ccc2C1. The van der Waals surface area contributed by atoms with Crippen LogP contribution < -0.4 is 4.18 Å².